The van der Waals surface area contributed by atoms with Gasteiger partial charge in [0.2, 0.25) is 0 Å². The van der Waals surface area contributed by atoms with Gasteiger partial charge in [0, 0.05) is 24.8 Å². The highest BCUT2D eigenvalue weighted by Gasteiger charge is 2.22. The standard InChI is InChI=1S/C21H31N2/c1-15(2)19-11-8-12-20(16(3)4)21(19)23-14-13-22-17(5)18-9-6-7-10-18/h6-12,15-17,22-23H,13-14H2,1-5H3. The van der Waals surface area contributed by atoms with Crippen molar-refractivity contribution in [3.63, 3.8) is 0 Å². The maximum Gasteiger partial charge on any atom is 0.0410 e. The third kappa shape index (κ3) is 4.97. The largest absolute Gasteiger partial charge is 0.383 e. The van der Waals surface area contributed by atoms with Gasteiger partial charge in [-0.25, -0.2) is 0 Å². The first-order valence-electron chi connectivity index (χ1n) is 8.82. The Bertz CT molecular complexity index is 446. The fourth-order valence-corrected chi connectivity index (χ4v) is 3.03. The topological polar surface area (TPSA) is 24.1 Å². The Morgan fingerprint density at radius 2 is 1.39 bits per heavy atom. The van der Waals surface area contributed by atoms with Gasteiger partial charge in [0.25, 0.3) is 0 Å². The van der Waals surface area contributed by atoms with E-state index in [1.165, 1.54) is 22.7 Å². The smallest absolute Gasteiger partial charge is 0.0410 e. The van der Waals surface area contributed by atoms with E-state index >= 15 is 0 Å². The van der Waals surface area contributed by atoms with Crippen molar-refractivity contribution >= 4 is 5.69 Å². The lowest BCUT2D eigenvalue weighted by molar-refractivity contribution is 0.593. The Kier molecular flexibility index (Phi) is 6.95. The van der Waals surface area contributed by atoms with E-state index in [1.807, 2.05) is 0 Å². The highest BCUT2D eigenvalue weighted by Crippen LogP contribution is 2.32. The Hall–Kier alpha value is -1.02. The summed E-state index contributed by atoms with van der Waals surface area (Å²) in [5.41, 5.74) is 4.17. The van der Waals surface area contributed by atoms with Gasteiger partial charge in [-0.3, -0.25) is 0 Å². The van der Waals surface area contributed by atoms with E-state index in [-0.39, 0.29) is 0 Å². The quantitative estimate of drug-likeness (QED) is 0.678. The first-order chi connectivity index (χ1) is 11.0. The molecule has 1 aliphatic rings. The van der Waals surface area contributed by atoms with Crippen LogP contribution in [0.15, 0.2) is 18.2 Å². The molecule has 5 radical (unpaired) electrons. The zero-order valence-corrected chi connectivity index (χ0v) is 15.2. The molecule has 2 nitrogen and oxygen atoms in total. The Balaban J connectivity index is 1.91. The van der Waals surface area contributed by atoms with Crippen LogP contribution in [-0.4, -0.2) is 19.1 Å². The van der Waals surface area contributed by atoms with Crippen LogP contribution in [0.2, 0.25) is 0 Å². The minimum atomic E-state index is 0.400. The molecule has 0 saturated heterocycles. The summed E-state index contributed by atoms with van der Waals surface area (Å²) in [5, 5.41) is 7.27. The molecule has 1 fully saturated rings. The van der Waals surface area contributed by atoms with E-state index in [2.05, 4.69) is 89.1 Å². The van der Waals surface area contributed by atoms with Crippen molar-refractivity contribution in [2.24, 2.45) is 0 Å². The zero-order valence-electron chi connectivity index (χ0n) is 15.2. The molecular weight excluding hydrogens is 280 g/mol. The van der Waals surface area contributed by atoms with Crippen LogP contribution in [0.4, 0.5) is 5.69 Å². The number of anilines is 1. The van der Waals surface area contributed by atoms with Crippen LogP contribution in [0.25, 0.3) is 0 Å². The molecule has 125 valence electrons. The summed E-state index contributed by atoms with van der Waals surface area (Å²) in [7, 11) is 0. The molecule has 0 amide bonds. The second-order valence-corrected chi connectivity index (χ2v) is 6.94. The fourth-order valence-electron chi connectivity index (χ4n) is 3.03. The van der Waals surface area contributed by atoms with E-state index in [4.69, 9.17) is 0 Å². The molecule has 0 heterocycles. The van der Waals surface area contributed by atoms with Crippen LogP contribution in [-0.2, 0) is 0 Å². The number of hydrogen-bond donors (Lipinski definition) is 2. The SMILES string of the molecule is CC(NCCNc1c(C(C)C)cccc1C(C)C)[C]1[CH][CH][CH][CH]1. The van der Waals surface area contributed by atoms with Crippen LogP contribution in [0, 0.1) is 31.6 Å². The second kappa shape index (κ2) is 8.73. The summed E-state index contributed by atoms with van der Waals surface area (Å²) in [4.78, 5) is 0. The molecule has 1 atom stereocenters. The predicted octanol–water partition coefficient (Wildman–Crippen LogP) is 4.73. The molecule has 0 aromatic heterocycles. The van der Waals surface area contributed by atoms with E-state index in [0.29, 0.717) is 17.9 Å². The van der Waals surface area contributed by atoms with Gasteiger partial charge in [-0.1, -0.05) is 45.9 Å². The average Bonchev–Trinajstić information content (AvgIpc) is 3.05. The molecule has 0 spiro atoms. The average molecular weight is 311 g/mol. The van der Waals surface area contributed by atoms with E-state index in [0.717, 1.165) is 13.1 Å². The van der Waals surface area contributed by atoms with Crippen molar-refractivity contribution in [1.82, 2.24) is 5.32 Å². The molecule has 23 heavy (non-hydrogen) atoms. The summed E-state index contributed by atoms with van der Waals surface area (Å²) < 4.78 is 0. The lowest BCUT2D eigenvalue weighted by Gasteiger charge is -2.23. The molecule has 0 aliphatic heterocycles. The zero-order chi connectivity index (χ0) is 16.8. The molecule has 1 aliphatic carbocycles. The Morgan fingerprint density at radius 3 is 1.91 bits per heavy atom. The van der Waals surface area contributed by atoms with Crippen molar-refractivity contribution in [2.45, 2.75) is 52.5 Å². The number of nitrogens with one attached hydrogen (secondary N) is 2. The third-order valence-electron chi connectivity index (χ3n) is 4.44. The summed E-state index contributed by atoms with van der Waals surface area (Å²) >= 11 is 0. The number of para-hydroxylation sites is 1. The van der Waals surface area contributed by atoms with Crippen molar-refractivity contribution in [2.75, 3.05) is 18.4 Å². The monoisotopic (exact) mass is 311 g/mol. The maximum atomic E-state index is 3.68. The molecule has 2 heteroatoms. The minimum Gasteiger partial charge on any atom is -0.383 e. The number of hydrogen-bond acceptors (Lipinski definition) is 2. The fraction of sp³-hybridized carbons (Fsp3) is 0.476. The number of rotatable bonds is 8. The van der Waals surface area contributed by atoms with Crippen LogP contribution < -0.4 is 10.6 Å². The van der Waals surface area contributed by atoms with Gasteiger partial charge < -0.3 is 10.6 Å². The van der Waals surface area contributed by atoms with Crippen LogP contribution in [0.5, 0.6) is 0 Å². The van der Waals surface area contributed by atoms with Gasteiger partial charge in [0.1, 0.15) is 0 Å². The molecule has 0 bridgehead atoms. The summed E-state index contributed by atoms with van der Waals surface area (Å²) in [5.74, 6) is 2.43. The van der Waals surface area contributed by atoms with Gasteiger partial charge >= 0.3 is 0 Å². The molecule has 1 aromatic rings. The second-order valence-electron chi connectivity index (χ2n) is 6.94. The first kappa shape index (κ1) is 18.3. The van der Waals surface area contributed by atoms with Crippen LogP contribution in [0.1, 0.15) is 57.6 Å². The Morgan fingerprint density at radius 1 is 0.826 bits per heavy atom. The third-order valence-corrected chi connectivity index (χ3v) is 4.44. The van der Waals surface area contributed by atoms with Crippen molar-refractivity contribution < 1.29 is 0 Å². The van der Waals surface area contributed by atoms with Crippen LogP contribution >= 0.6 is 0 Å². The van der Waals surface area contributed by atoms with Gasteiger partial charge in [0.05, 0.1) is 0 Å². The molecule has 2 rings (SSSR count). The van der Waals surface area contributed by atoms with Crippen molar-refractivity contribution in [3.05, 3.63) is 60.9 Å². The number of benzene rings is 1. The maximum absolute atomic E-state index is 3.68. The van der Waals surface area contributed by atoms with Gasteiger partial charge in [-0.15, -0.1) is 0 Å². The summed E-state index contributed by atoms with van der Waals surface area (Å²) in [6.07, 6.45) is 8.55. The van der Waals surface area contributed by atoms with Crippen molar-refractivity contribution in [1.29, 1.82) is 0 Å². The van der Waals surface area contributed by atoms with E-state index < -0.39 is 0 Å². The van der Waals surface area contributed by atoms with E-state index in [9.17, 15) is 0 Å². The highest BCUT2D eigenvalue weighted by molar-refractivity contribution is 5.60. The molecule has 1 saturated carbocycles. The first-order valence-corrected chi connectivity index (χ1v) is 8.82. The lowest BCUT2D eigenvalue weighted by atomic mass is 9.92. The lowest BCUT2D eigenvalue weighted by Crippen LogP contribution is -2.35. The summed E-state index contributed by atoms with van der Waals surface area (Å²) in [6, 6.07) is 7.08. The summed E-state index contributed by atoms with van der Waals surface area (Å²) in [6.45, 7) is 13.2. The molecule has 1 unspecified atom stereocenters. The van der Waals surface area contributed by atoms with E-state index in [1.54, 1.807) is 0 Å². The highest BCUT2D eigenvalue weighted by atomic mass is 15.0. The van der Waals surface area contributed by atoms with Gasteiger partial charge in [-0.2, -0.15) is 0 Å². The van der Waals surface area contributed by atoms with Gasteiger partial charge in [-0.05, 0) is 61.5 Å². The predicted molar refractivity (Wildman–Crippen MR) is 101 cm³/mol. The van der Waals surface area contributed by atoms with Gasteiger partial charge in [0.15, 0.2) is 0 Å². The van der Waals surface area contributed by atoms with Crippen LogP contribution in [0.3, 0.4) is 0 Å². The minimum absolute atomic E-state index is 0.400. The Labute approximate surface area is 143 Å². The van der Waals surface area contributed by atoms with Crippen molar-refractivity contribution in [3.8, 4) is 0 Å². The molecular formula is C21H31N2. The normalized spacial score (nSPS) is 17.2. The molecule has 2 N–H and O–H groups in total. The molecule has 1 aromatic carbocycles.